The molecule has 3 heterocycles. The van der Waals surface area contributed by atoms with Gasteiger partial charge in [-0.3, -0.25) is 14.5 Å². The maximum atomic E-state index is 12.6. The summed E-state index contributed by atoms with van der Waals surface area (Å²) in [6.07, 6.45) is 3.34. The smallest absolute Gasteiger partial charge is 0.260 e. The summed E-state index contributed by atoms with van der Waals surface area (Å²) < 4.78 is 7.23. The molecule has 2 aromatic carbocycles. The summed E-state index contributed by atoms with van der Waals surface area (Å²) in [6.45, 7) is 3.19. The van der Waals surface area contributed by atoms with Crippen LogP contribution in [0, 0.1) is 0 Å². The average molecular weight is 429 g/mol. The van der Waals surface area contributed by atoms with Crippen molar-refractivity contribution in [3.8, 4) is 16.8 Å². The Hall–Kier alpha value is -3.75. The first-order chi connectivity index (χ1) is 15.7. The number of fused-ring (bicyclic) bond motifs is 1. The van der Waals surface area contributed by atoms with Gasteiger partial charge in [-0.25, -0.2) is 4.98 Å². The van der Waals surface area contributed by atoms with E-state index in [0.717, 1.165) is 29.9 Å². The highest BCUT2D eigenvalue weighted by atomic mass is 16.5. The molecule has 2 N–H and O–H groups in total. The summed E-state index contributed by atoms with van der Waals surface area (Å²) in [6, 6.07) is 17.3. The zero-order valence-corrected chi connectivity index (χ0v) is 17.5. The van der Waals surface area contributed by atoms with E-state index in [4.69, 9.17) is 4.74 Å². The summed E-state index contributed by atoms with van der Waals surface area (Å²) in [5, 5.41) is 3.47. The van der Waals surface area contributed by atoms with Crippen molar-refractivity contribution in [2.45, 2.75) is 0 Å². The number of morpholine rings is 1. The number of aromatic nitrogens is 3. The molecule has 0 saturated carbocycles. The Morgan fingerprint density at radius 1 is 1.06 bits per heavy atom. The van der Waals surface area contributed by atoms with Crippen molar-refractivity contribution in [1.82, 2.24) is 19.4 Å². The Morgan fingerprint density at radius 3 is 2.56 bits per heavy atom. The molecule has 0 atom stereocenters. The molecule has 1 saturated heterocycles. The Labute approximate surface area is 184 Å². The lowest BCUT2D eigenvalue weighted by Gasteiger charge is -2.25. The van der Waals surface area contributed by atoms with Gasteiger partial charge >= 0.3 is 0 Å². The summed E-state index contributed by atoms with van der Waals surface area (Å²) in [4.78, 5) is 34.2. The Bertz CT molecular complexity index is 1290. The van der Waals surface area contributed by atoms with Gasteiger partial charge in [0.15, 0.2) is 5.65 Å². The number of amides is 1. The third kappa shape index (κ3) is 4.05. The van der Waals surface area contributed by atoms with Crippen LogP contribution in [0.4, 0.5) is 5.69 Å². The standard InChI is InChI=1S/C24H23N5O3/c30-21(15-28-10-12-32-13-11-28)27-18-8-6-17(7-9-18)20-14-29(19-4-2-1-3-5-19)23-22(20)24(31)26-16-25-23/h1-9,14,16H,10-13,15H2,(H,27,30)(H,25,26,31). The van der Waals surface area contributed by atoms with Crippen LogP contribution < -0.4 is 10.9 Å². The number of nitrogens with zero attached hydrogens (tertiary/aromatic N) is 3. The van der Waals surface area contributed by atoms with Gasteiger partial charge in [0.1, 0.15) is 0 Å². The Morgan fingerprint density at radius 2 is 1.81 bits per heavy atom. The zero-order valence-electron chi connectivity index (χ0n) is 17.5. The van der Waals surface area contributed by atoms with Gasteiger partial charge in [-0.15, -0.1) is 0 Å². The summed E-state index contributed by atoms with van der Waals surface area (Å²) >= 11 is 0. The van der Waals surface area contributed by atoms with E-state index < -0.39 is 0 Å². The van der Waals surface area contributed by atoms with Crippen LogP contribution in [0.3, 0.4) is 0 Å². The van der Waals surface area contributed by atoms with E-state index in [2.05, 4.69) is 20.2 Å². The van der Waals surface area contributed by atoms with Crippen molar-refractivity contribution in [2.75, 3.05) is 38.2 Å². The van der Waals surface area contributed by atoms with Gasteiger partial charge in [0, 0.05) is 36.2 Å². The van der Waals surface area contributed by atoms with Crippen LogP contribution >= 0.6 is 0 Å². The molecule has 2 aromatic heterocycles. The SMILES string of the molecule is O=C(CN1CCOCC1)Nc1ccc(-c2cn(-c3ccccc3)c3nc[nH]c(=O)c23)cc1. The zero-order chi connectivity index (χ0) is 21.9. The summed E-state index contributed by atoms with van der Waals surface area (Å²) in [5.41, 5.74) is 3.69. The van der Waals surface area contributed by atoms with E-state index in [0.29, 0.717) is 36.5 Å². The average Bonchev–Trinajstić information content (AvgIpc) is 3.22. The number of rotatable bonds is 5. The quantitative estimate of drug-likeness (QED) is 0.509. The molecule has 0 aliphatic carbocycles. The molecule has 1 aliphatic rings. The number of benzene rings is 2. The predicted octanol–water partition coefficient (Wildman–Crippen LogP) is 2.65. The number of aromatic amines is 1. The lowest BCUT2D eigenvalue weighted by Crippen LogP contribution is -2.41. The van der Waals surface area contributed by atoms with Crippen molar-refractivity contribution >= 4 is 22.6 Å². The van der Waals surface area contributed by atoms with Crippen LogP contribution in [-0.2, 0) is 9.53 Å². The number of H-pyrrole nitrogens is 1. The second-order valence-electron chi connectivity index (χ2n) is 7.69. The number of carbonyl (C=O) groups excluding carboxylic acids is 1. The van der Waals surface area contributed by atoms with Crippen LogP contribution in [0.1, 0.15) is 0 Å². The van der Waals surface area contributed by atoms with Crippen LogP contribution in [0.2, 0.25) is 0 Å². The number of anilines is 1. The minimum Gasteiger partial charge on any atom is -0.379 e. The van der Waals surface area contributed by atoms with E-state index in [-0.39, 0.29) is 11.5 Å². The first-order valence-electron chi connectivity index (χ1n) is 10.5. The fraction of sp³-hybridized carbons (Fsp3) is 0.208. The van der Waals surface area contributed by atoms with E-state index in [1.54, 1.807) is 0 Å². The van der Waals surface area contributed by atoms with Crippen LogP contribution in [-0.4, -0.2) is 58.2 Å². The van der Waals surface area contributed by atoms with Gasteiger partial charge in [-0.2, -0.15) is 0 Å². The van der Waals surface area contributed by atoms with Crippen LogP contribution in [0.5, 0.6) is 0 Å². The molecule has 0 bridgehead atoms. The Kier molecular flexibility index (Phi) is 5.53. The van der Waals surface area contributed by atoms with E-state index in [9.17, 15) is 9.59 Å². The minimum atomic E-state index is -0.192. The summed E-state index contributed by atoms with van der Waals surface area (Å²) in [5.74, 6) is -0.0547. The fourth-order valence-corrected chi connectivity index (χ4v) is 3.97. The summed E-state index contributed by atoms with van der Waals surface area (Å²) in [7, 11) is 0. The molecule has 0 spiro atoms. The third-order valence-electron chi connectivity index (χ3n) is 5.57. The van der Waals surface area contributed by atoms with Crippen molar-refractivity contribution in [3.63, 3.8) is 0 Å². The van der Waals surface area contributed by atoms with Crippen molar-refractivity contribution in [2.24, 2.45) is 0 Å². The number of carbonyl (C=O) groups is 1. The van der Waals surface area contributed by atoms with Crippen LogP contribution in [0.15, 0.2) is 71.9 Å². The van der Waals surface area contributed by atoms with Crippen LogP contribution in [0.25, 0.3) is 27.8 Å². The largest absolute Gasteiger partial charge is 0.379 e. The number of hydrogen-bond acceptors (Lipinski definition) is 5. The number of para-hydroxylation sites is 1. The predicted molar refractivity (Wildman–Crippen MR) is 123 cm³/mol. The molecule has 1 amide bonds. The van der Waals surface area contributed by atoms with E-state index in [1.165, 1.54) is 6.33 Å². The molecule has 1 aliphatic heterocycles. The van der Waals surface area contributed by atoms with Gasteiger partial charge in [-0.1, -0.05) is 30.3 Å². The van der Waals surface area contributed by atoms with Gasteiger partial charge in [0.2, 0.25) is 5.91 Å². The fourth-order valence-electron chi connectivity index (χ4n) is 3.97. The number of ether oxygens (including phenoxy) is 1. The van der Waals surface area contributed by atoms with Crippen molar-refractivity contribution in [3.05, 3.63) is 77.5 Å². The molecule has 8 heteroatoms. The van der Waals surface area contributed by atoms with E-state index in [1.807, 2.05) is 65.4 Å². The molecule has 5 rings (SSSR count). The van der Waals surface area contributed by atoms with Gasteiger partial charge in [-0.05, 0) is 29.8 Å². The molecule has 0 unspecified atom stereocenters. The maximum Gasteiger partial charge on any atom is 0.260 e. The molecule has 1 fully saturated rings. The monoisotopic (exact) mass is 429 g/mol. The highest BCUT2D eigenvalue weighted by Crippen LogP contribution is 2.30. The topological polar surface area (TPSA) is 92.2 Å². The maximum absolute atomic E-state index is 12.6. The lowest BCUT2D eigenvalue weighted by atomic mass is 10.1. The highest BCUT2D eigenvalue weighted by molar-refractivity contribution is 5.96. The second kappa shape index (κ2) is 8.78. The number of hydrogen-bond donors (Lipinski definition) is 2. The van der Waals surface area contributed by atoms with Gasteiger partial charge < -0.3 is 19.6 Å². The van der Waals surface area contributed by atoms with Gasteiger partial charge in [0.05, 0.1) is 31.5 Å². The van der Waals surface area contributed by atoms with E-state index >= 15 is 0 Å². The molecule has 32 heavy (non-hydrogen) atoms. The molecule has 0 radical (unpaired) electrons. The normalized spacial score (nSPS) is 14.5. The minimum absolute atomic E-state index is 0.0547. The molecule has 4 aromatic rings. The molecule has 8 nitrogen and oxygen atoms in total. The third-order valence-corrected chi connectivity index (χ3v) is 5.57. The first kappa shape index (κ1) is 20.2. The molecular formula is C24H23N5O3. The lowest BCUT2D eigenvalue weighted by molar-refractivity contribution is -0.118. The molecular weight excluding hydrogens is 406 g/mol. The second-order valence-corrected chi connectivity index (χ2v) is 7.69. The van der Waals surface area contributed by atoms with Gasteiger partial charge in [0.25, 0.3) is 5.56 Å². The van der Waals surface area contributed by atoms with Crippen molar-refractivity contribution < 1.29 is 9.53 Å². The number of nitrogens with one attached hydrogen (secondary N) is 2. The van der Waals surface area contributed by atoms with Crippen molar-refractivity contribution in [1.29, 1.82) is 0 Å². The highest BCUT2D eigenvalue weighted by Gasteiger charge is 2.17. The Balaban J connectivity index is 1.42. The molecule has 162 valence electrons. The first-order valence-corrected chi connectivity index (χ1v) is 10.5.